The van der Waals surface area contributed by atoms with Gasteiger partial charge in [0.2, 0.25) is 0 Å². The number of hydrogen-bond acceptors (Lipinski definition) is 5. The standard InChI is InChI=1S/C18H16N2O2S/c19-11-15-14-6-7-18(21-8-9-22-18)10-16(14)23-17(15)20-12-13-4-2-1-3-5-13/h1-5,12H,6-10H2/b20-12+. The molecule has 1 fully saturated rings. The largest absolute Gasteiger partial charge is 0.347 e. The molecule has 0 bridgehead atoms. The number of benzene rings is 1. The quantitative estimate of drug-likeness (QED) is 0.793. The molecule has 4 rings (SSSR count). The van der Waals surface area contributed by atoms with Crippen molar-refractivity contribution in [2.24, 2.45) is 4.99 Å². The molecule has 4 nitrogen and oxygen atoms in total. The highest BCUT2D eigenvalue weighted by Gasteiger charge is 2.41. The van der Waals surface area contributed by atoms with E-state index in [0.717, 1.165) is 35.4 Å². The molecule has 5 heteroatoms. The number of hydrogen-bond donors (Lipinski definition) is 0. The summed E-state index contributed by atoms with van der Waals surface area (Å²) in [6, 6.07) is 12.3. The highest BCUT2D eigenvalue weighted by Crippen LogP contribution is 2.44. The Balaban J connectivity index is 1.66. The zero-order valence-electron chi connectivity index (χ0n) is 12.6. The van der Waals surface area contributed by atoms with Gasteiger partial charge < -0.3 is 9.47 Å². The van der Waals surface area contributed by atoms with Crippen LogP contribution in [0.3, 0.4) is 0 Å². The summed E-state index contributed by atoms with van der Waals surface area (Å²) >= 11 is 1.59. The maximum Gasteiger partial charge on any atom is 0.173 e. The fourth-order valence-corrected chi connectivity index (χ4v) is 4.40. The van der Waals surface area contributed by atoms with Crippen LogP contribution in [0.25, 0.3) is 0 Å². The van der Waals surface area contributed by atoms with Gasteiger partial charge in [-0.25, -0.2) is 4.99 Å². The van der Waals surface area contributed by atoms with E-state index < -0.39 is 5.79 Å². The second kappa shape index (κ2) is 5.89. The summed E-state index contributed by atoms with van der Waals surface area (Å²) in [6.07, 6.45) is 4.17. The average Bonchev–Trinajstić information content (AvgIpc) is 3.18. The number of nitriles is 1. The fourth-order valence-electron chi connectivity index (χ4n) is 3.18. The highest BCUT2D eigenvalue weighted by molar-refractivity contribution is 7.16. The molecule has 0 radical (unpaired) electrons. The van der Waals surface area contributed by atoms with Crippen molar-refractivity contribution >= 4 is 22.6 Å². The summed E-state index contributed by atoms with van der Waals surface area (Å²) < 4.78 is 11.6. The van der Waals surface area contributed by atoms with Crippen LogP contribution in [-0.4, -0.2) is 25.2 Å². The molecule has 0 N–H and O–H groups in total. The minimum atomic E-state index is -0.467. The number of aliphatic imine (C=N–C) groups is 1. The third kappa shape index (κ3) is 2.70. The lowest BCUT2D eigenvalue weighted by molar-refractivity contribution is -0.163. The predicted molar refractivity (Wildman–Crippen MR) is 89.4 cm³/mol. The molecule has 0 amide bonds. The van der Waals surface area contributed by atoms with Crippen LogP contribution in [0.4, 0.5) is 5.00 Å². The summed E-state index contributed by atoms with van der Waals surface area (Å²) in [4.78, 5) is 5.73. The van der Waals surface area contributed by atoms with Gasteiger partial charge in [-0.3, -0.25) is 0 Å². The number of thiophene rings is 1. The first-order valence-electron chi connectivity index (χ1n) is 7.71. The van der Waals surface area contributed by atoms with Crippen molar-refractivity contribution in [2.45, 2.75) is 25.0 Å². The van der Waals surface area contributed by atoms with Gasteiger partial charge >= 0.3 is 0 Å². The minimum Gasteiger partial charge on any atom is -0.347 e. The Morgan fingerprint density at radius 2 is 2.00 bits per heavy atom. The lowest BCUT2D eigenvalue weighted by atomic mass is 9.91. The van der Waals surface area contributed by atoms with E-state index in [0.29, 0.717) is 18.8 Å². The van der Waals surface area contributed by atoms with Gasteiger partial charge in [0.05, 0.1) is 18.8 Å². The van der Waals surface area contributed by atoms with Gasteiger partial charge in [0.25, 0.3) is 0 Å². The Kier molecular flexibility index (Phi) is 3.74. The summed E-state index contributed by atoms with van der Waals surface area (Å²) in [5.41, 5.74) is 2.87. The number of nitrogens with zero attached hydrogens (tertiary/aromatic N) is 2. The lowest BCUT2D eigenvalue weighted by Crippen LogP contribution is -2.36. The van der Waals surface area contributed by atoms with Crippen LogP contribution >= 0.6 is 11.3 Å². The molecule has 1 aromatic heterocycles. The van der Waals surface area contributed by atoms with Crippen molar-refractivity contribution in [1.29, 1.82) is 5.26 Å². The van der Waals surface area contributed by atoms with Crippen molar-refractivity contribution in [3.63, 3.8) is 0 Å². The molecule has 2 heterocycles. The van der Waals surface area contributed by atoms with Crippen LogP contribution < -0.4 is 0 Å². The zero-order valence-corrected chi connectivity index (χ0v) is 13.4. The van der Waals surface area contributed by atoms with Crippen LogP contribution in [-0.2, 0) is 22.3 Å². The molecule has 1 aromatic carbocycles. The van der Waals surface area contributed by atoms with Gasteiger partial charge in [-0.05, 0) is 17.5 Å². The van der Waals surface area contributed by atoms with Crippen LogP contribution in [0.1, 0.15) is 28.0 Å². The monoisotopic (exact) mass is 324 g/mol. The first-order valence-corrected chi connectivity index (χ1v) is 8.53. The minimum absolute atomic E-state index is 0.467. The molecular formula is C18H16N2O2S. The van der Waals surface area contributed by atoms with Crippen LogP contribution in [0.2, 0.25) is 0 Å². The van der Waals surface area contributed by atoms with Gasteiger partial charge in [-0.15, -0.1) is 11.3 Å². The molecule has 1 aliphatic carbocycles. The van der Waals surface area contributed by atoms with Crippen molar-refractivity contribution in [1.82, 2.24) is 0 Å². The highest BCUT2D eigenvalue weighted by atomic mass is 32.1. The molecule has 1 aliphatic heterocycles. The van der Waals surface area contributed by atoms with Gasteiger partial charge in [-0.2, -0.15) is 5.26 Å². The van der Waals surface area contributed by atoms with Crippen LogP contribution in [0.5, 0.6) is 0 Å². The molecule has 1 saturated heterocycles. The van der Waals surface area contributed by atoms with Crippen molar-refractivity contribution < 1.29 is 9.47 Å². The summed E-state index contributed by atoms with van der Waals surface area (Å²) in [5.74, 6) is -0.467. The maximum atomic E-state index is 9.54. The van der Waals surface area contributed by atoms with Crippen LogP contribution in [0, 0.1) is 11.3 Å². The van der Waals surface area contributed by atoms with Gasteiger partial charge in [-0.1, -0.05) is 30.3 Å². The van der Waals surface area contributed by atoms with E-state index in [2.05, 4.69) is 11.1 Å². The van der Waals surface area contributed by atoms with Crippen molar-refractivity contribution in [3.8, 4) is 6.07 Å². The Labute approximate surface area is 139 Å². The average molecular weight is 324 g/mol. The second-order valence-electron chi connectivity index (χ2n) is 5.75. The van der Waals surface area contributed by atoms with Crippen LogP contribution in [0.15, 0.2) is 35.3 Å². The van der Waals surface area contributed by atoms with E-state index in [1.165, 1.54) is 4.88 Å². The number of ether oxygens (including phenoxy) is 2. The molecule has 2 aromatic rings. The Hall–Kier alpha value is -2.00. The fraction of sp³-hybridized carbons (Fsp3) is 0.333. The van der Waals surface area contributed by atoms with E-state index in [1.54, 1.807) is 11.3 Å². The Morgan fingerprint density at radius 3 is 2.74 bits per heavy atom. The summed E-state index contributed by atoms with van der Waals surface area (Å²) in [5, 5.41) is 10.3. The van der Waals surface area contributed by atoms with Crippen molar-refractivity contribution in [3.05, 3.63) is 51.9 Å². The van der Waals surface area contributed by atoms with Crippen molar-refractivity contribution in [2.75, 3.05) is 13.2 Å². The lowest BCUT2D eigenvalue weighted by Gasteiger charge is -2.31. The maximum absolute atomic E-state index is 9.54. The molecule has 23 heavy (non-hydrogen) atoms. The molecule has 116 valence electrons. The number of rotatable bonds is 2. The first kappa shape index (κ1) is 14.6. The number of fused-ring (bicyclic) bond motifs is 1. The first-order chi connectivity index (χ1) is 11.3. The Bertz CT molecular complexity index is 783. The third-order valence-electron chi connectivity index (χ3n) is 4.31. The second-order valence-corrected chi connectivity index (χ2v) is 6.83. The van der Waals surface area contributed by atoms with E-state index in [4.69, 9.17) is 9.47 Å². The normalized spacial score (nSPS) is 19.1. The molecule has 1 spiro atoms. The molecular weight excluding hydrogens is 308 g/mol. The third-order valence-corrected chi connectivity index (χ3v) is 5.45. The molecule has 0 saturated carbocycles. The molecule has 0 unspecified atom stereocenters. The smallest absolute Gasteiger partial charge is 0.173 e. The summed E-state index contributed by atoms with van der Waals surface area (Å²) in [6.45, 7) is 1.32. The van der Waals surface area contributed by atoms with E-state index in [1.807, 2.05) is 36.5 Å². The zero-order chi connectivity index (χ0) is 15.7. The molecule has 2 aliphatic rings. The predicted octanol–water partition coefficient (Wildman–Crippen LogP) is 3.60. The Morgan fingerprint density at radius 1 is 1.22 bits per heavy atom. The van der Waals surface area contributed by atoms with Gasteiger partial charge in [0, 0.05) is 23.9 Å². The van der Waals surface area contributed by atoms with E-state index in [-0.39, 0.29) is 0 Å². The van der Waals surface area contributed by atoms with Gasteiger partial charge in [0.15, 0.2) is 5.79 Å². The SMILES string of the molecule is N#Cc1c(/N=C/c2ccccc2)sc2c1CCC1(C2)OCCO1. The topological polar surface area (TPSA) is 54.6 Å². The van der Waals surface area contributed by atoms with E-state index in [9.17, 15) is 5.26 Å². The van der Waals surface area contributed by atoms with E-state index >= 15 is 0 Å². The molecule has 0 atom stereocenters. The van der Waals surface area contributed by atoms with Gasteiger partial charge in [0.1, 0.15) is 11.1 Å². The summed E-state index contributed by atoms with van der Waals surface area (Å²) in [7, 11) is 0.